The minimum atomic E-state index is 0.663. The Labute approximate surface area is 122 Å². The molecule has 0 unspecified atom stereocenters. The van der Waals surface area contributed by atoms with Crippen LogP contribution in [0.2, 0.25) is 5.02 Å². The summed E-state index contributed by atoms with van der Waals surface area (Å²) in [5.74, 6) is 0.663. The van der Waals surface area contributed by atoms with Gasteiger partial charge in [0.15, 0.2) is 0 Å². The number of pyridine rings is 1. The first kappa shape index (κ1) is 12.8. The van der Waals surface area contributed by atoms with Gasteiger partial charge in [0.2, 0.25) is 0 Å². The van der Waals surface area contributed by atoms with E-state index in [0.717, 1.165) is 27.7 Å². The number of nitrogens with zero attached hydrogens (tertiary/aromatic N) is 1. The highest BCUT2D eigenvalue weighted by Crippen LogP contribution is 2.27. The Bertz CT molecular complexity index is 795. The van der Waals surface area contributed by atoms with Crippen molar-refractivity contribution in [2.24, 2.45) is 0 Å². The number of aryl methyl sites for hydroxylation is 1. The lowest BCUT2D eigenvalue weighted by atomic mass is 10.1. The van der Waals surface area contributed by atoms with Crippen molar-refractivity contribution in [3.8, 4) is 5.69 Å². The highest BCUT2D eigenvalue weighted by Gasteiger charge is 2.14. The fourth-order valence-electron chi connectivity index (χ4n) is 2.33. The summed E-state index contributed by atoms with van der Waals surface area (Å²) in [7, 11) is 0. The highest BCUT2D eigenvalue weighted by molar-refractivity contribution is 6.30. The molecule has 0 spiro atoms. The van der Waals surface area contributed by atoms with Gasteiger partial charge in [-0.2, -0.15) is 4.57 Å². The molecule has 0 amide bonds. The Morgan fingerprint density at radius 2 is 1.60 bits per heavy atom. The standard InChI is InChI=1S/C16H14ClN3/c1-10-2-7-14-13(15(10)18)8-9-20(16(14)19)12-5-3-11(17)4-6-12/h2-9,19H,18H2,1H3/p+1. The van der Waals surface area contributed by atoms with Gasteiger partial charge in [0.1, 0.15) is 5.69 Å². The number of rotatable bonds is 1. The topological polar surface area (TPSA) is 55.9 Å². The van der Waals surface area contributed by atoms with Crippen molar-refractivity contribution in [1.82, 2.24) is 0 Å². The average molecular weight is 285 g/mol. The second kappa shape index (κ2) is 4.69. The zero-order chi connectivity index (χ0) is 14.3. The predicted octanol–water partition coefficient (Wildman–Crippen LogP) is 3.24. The molecule has 2 aromatic carbocycles. The maximum absolute atomic E-state index is 6.28. The van der Waals surface area contributed by atoms with E-state index in [1.165, 1.54) is 0 Å². The van der Waals surface area contributed by atoms with E-state index >= 15 is 0 Å². The summed E-state index contributed by atoms with van der Waals surface area (Å²) in [5, 5.41) is 2.63. The molecule has 3 aromatic rings. The van der Waals surface area contributed by atoms with Crippen molar-refractivity contribution in [3.05, 3.63) is 59.2 Å². The molecule has 3 nitrogen and oxygen atoms in total. The molecule has 1 aromatic heterocycles. The molecule has 20 heavy (non-hydrogen) atoms. The van der Waals surface area contributed by atoms with Crippen molar-refractivity contribution in [1.29, 1.82) is 0 Å². The molecule has 100 valence electrons. The maximum atomic E-state index is 6.28. The Hall–Kier alpha value is -2.26. The molecule has 3 rings (SSSR count). The summed E-state index contributed by atoms with van der Waals surface area (Å²) in [5.41, 5.74) is 15.2. The number of hydrogen-bond donors (Lipinski definition) is 2. The third-order valence-corrected chi connectivity index (χ3v) is 3.79. The highest BCUT2D eigenvalue weighted by atomic mass is 35.5. The van der Waals surface area contributed by atoms with Crippen molar-refractivity contribution >= 4 is 33.9 Å². The van der Waals surface area contributed by atoms with Crippen LogP contribution in [0.25, 0.3) is 16.5 Å². The van der Waals surface area contributed by atoms with Gasteiger partial charge in [-0.25, -0.2) is 0 Å². The first-order valence-corrected chi connectivity index (χ1v) is 6.70. The number of hydrogen-bond acceptors (Lipinski definition) is 2. The quantitative estimate of drug-likeness (QED) is 0.532. The Morgan fingerprint density at radius 3 is 2.30 bits per heavy atom. The zero-order valence-corrected chi connectivity index (χ0v) is 11.9. The van der Waals surface area contributed by atoms with Crippen LogP contribution >= 0.6 is 11.6 Å². The molecule has 1 heterocycles. The molecule has 0 aliphatic carbocycles. The van der Waals surface area contributed by atoms with Crippen LogP contribution in [0.4, 0.5) is 11.5 Å². The van der Waals surface area contributed by atoms with Crippen LogP contribution in [0.1, 0.15) is 5.56 Å². The Kier molecular flexibility index (Phi) is 2.99. The molecule has 4 N–H and O–H groups in total. The van der Waals surface area contributed by atoms with Gasteiger partial charge in [-0.3, -0.25) is 5.73 Å². The zero-order valence-electron chi connectivity index (χ0n) is 11.1. The molecular formula is C16H15ClN3+. The lowest BCUT2D eigenvalue weighted by Crippen LogP contribution is -2.34. The molecule has 0 saturated carbocycles. The number of nitrogens with two attached hydrogens (primary N) is 2. The molecule has 0 atom stereocenters. The van der Waals surface area contributed by atoms with Crippen LogP contribution in [0.15, 0.2) is 48.7 Å². The summed E-state index contributed by atoms with van der Waals surface area (Å²) in [6, 6.07) is 13.5. The average Bonchev–Trinajstić information content (AvgIpc) is 2.45. The molecule has 0 bridgehead atoms. The summed E-state index contributed by atoms with van der Waals surface area (Å²) in [6.07, 6.45) is 1.93. The van der Waals surface area contributed by atoms with Gasteiger partial charge < -0.3 is 5.73 Å². The molecule has 0 radical (unpaired) electrons. The van der Waals surface area contributed by atoms with Crippen molar-refractivity contribution in [3.63, 3.8) is 0 Å². The number of benzene rings is 2. The summed E-state index contributed by atoms with van der Waals surface area (Å²) in [6.45, 7) is 1.99. The van der Waals surface area contributed by atoms with Crippen LogP contribution < -0.4 is 16.0 Å². The van der Waals surface area contributed by atoms with E-state index in [-0.39, 0.29) is 0 Å². The van der Waals surface area contributed by atoms with Gasteiger partial charge in [-0.05, 0) is 48.9 Å². The second-order valence-corrected chi connectivity index (χ2v) is 5.24. The molecule has 0 aliphatic rings. The summed E-state index contributed by atoms with van der Waals surface area (Å²) >= 11 is 5.92. The van der Waals surface area contributed by atoms with E-state index in [1.807, 2.05) is 60.2 Å². The summed E-state index contributed by atoms with van der Waals surface area (Å²) in [4.78, 5) is 0. The normalized spacial score (nSPS) is 10.9. The van der Waals surface area contributed by atoms with Crippen LogP contribution in [0, 0.1) is 6.92 Å². The second-order valence-electron chi connectivity index (χ2n) is 4.80. The number of anilines is 2. The van der Waals surface area contributed by atoms with Crippen LogP contribution in [-0.2, 0) is 0 Å². The van der Waals surface area contributed by atoms with Gasteiger partial charge in [-0.1, -0.05) is 17.7 Å². The molecule has 0 fully saturated rings. The largest absolute Gasteiger partial charge is 0.398 e. The fraction of sp³-hybridized carbons (Fsp3) is 0.0625. The minimum absolute atomic E-state index is 0.663. The van der Waals surface area contributed by atoms with Crippen molar-refractivity contribution < 1.29 is 4.57 Å². The summed E-state index contributed by atoms with van der Waals surface area (Å²) < 4.78 is 1.92. The van der Waals surface area contributed by atoms with Gasteiger partial charge in [-0.15, -0.1) is 0 Å². The number of fused-ring (bicyclic) bond motifs is 1. The first-order chi connectivity index (χ1) is 9.58. The van der Waals surface area contributed by atoms with E-state index in [2.05, 4.69) is 0 Å². The third-order valence-electron chi connectivity index (χ3n) is 3.54. The Morgan fingerprint density at radius 1 is 0.900 bits per heavy atom. The maximum Gasteiger partial charge on any atom is 0.285 e. The monoisotopic (exact) mass is 284 g/mol. The molecule has 4 heteroatoms. The van der Waals surface area contributed by atoms with E-state index in [4.69, 9.17) is 23.1 Å². The van der Waals surface area contributed by atoms with Gasteiger partial charge >= 0.3 is 0 Å². The fourth-order valence-corrected chi connectivity index (χ4v) is 2.46. The molecular weight excluding hydrogens is 270 g/mol. The lowest BCUT2D eigenvalue weighted by Gasteiger charge is -2.09. The Balaban J connectivity index is 2.26. The minimum Gasteiger partial charge on any atom is -0.398 e. The van der Waals surface area contributed by atoms with Crippen LogP contribution in [0.5, 0.6) is 0 Å². The smallest absolute Gasteiger partial charge is 0.285 e. The lowest BCUT2D eigenvalue weighted by molar-refractivity contribution is -0.578. The van der Waals surface area contributed by atoms with Crippen molar-refractivity contribution in [2.75, 3.05) is 11.5 Å². The van der Waals surface area contributed by atoms with E-state index < -0.39 is 0 Å². The van der Waals surface area contributed by atoms with Gasteiger partial charge in [0.05, 0.1) is 11.6 Å². The van der Waals surface area contributed by atoms with Crippen molar-refractivity contribution in [2.45, 2.75) is 6.92 Å². The molecule has 0 saturated heterocycles. The van der Waals surface area contributed by atoms with E-state index in [9.17, 15) is 0 Å². The van der Waals surface area contributed by atoms with E-state index in [0.29, 0.717) is 10.8 Å². The predicted molar refractivity (Wildman–Crippen MR) is 84.1 cm³/mol. The van der Waals surface area contributed by atoms with Crippen LogP contribution in [-0.4, -0.2) is 0 Å². The first-order valence-electron chi connectivity index (χ1n) is 6.33. The third kappa shape index (κ3) is 1.96. The molecule has 0 aliphatic heterocycles. The number of aromatic nitrogens is 1. The van der Waals surface area contributed by atoms with Crippen LogP contribution in [0.3, 0.4) is 0 Å². The number of halogens is 1. The van der Waals surface area contributed by atoms with Gasteiger partial charge in [0, 0.05) is 16.1 Å². The SMILES string of the molecule is Cc1ccc2c(N)[n+](-c3ccc(Cl)cc3)ccc2c1N. The van der Waals surface area contributed by atoms with Gasteiger partial charge in [0.25, 0.3) is 5.82 Å². The number of nitrogen functional groups attached to an aromatic ring is 2. The van der Waals surface area contributed by atoms with E-state index in [1.54, 1.807) is 0 Å².